The molecule has 0 spiro atoms. The van der Waals surface area contributed by atoms with E-state index in [0.717, 1.165) is 43.9 Å². The molecule has 0 bridgehead atoms. The quantitative estimate of drug-likeness (QED) is 0.878. The molecule has 0 amide bonds. The number of nitrogens with zero attached hydrogens (tertiary/aromatic N) is 1. The zero-order valence-corrected chi connectivity index (χ0v) is 11.7. The lowest BCUT2D eigenvalue weighted by Crippen LogP contribution is -2.49. The Morgan fingerprint density at radius 2 is 1.84 bits per heavy atom. The maximum absolute atomic E-state index is 6.09. The van der Waals surface area contributed by atoms with Crippen LogP contribution in [0.2, 0.25) is 0 Å². The van der Waals surface area contributed by atoms with Crippen molar-refractivity contribution < 1.29 is 9.47 Å². The number of rotatable bonds is 2. The Morgan fingerprint density at radius 1 is 1.16 bits per heavy atom. The van der Waals surface area contributed by atoms with Gasteiger partial charge in [-0.15, -0.1) is 0 Å². The predicted octanol–water partition coefficient (Wildman–Crippen LogP) is 1.55. The minimum absolute atomic E-state index is 0.364. The normalized spacial score (nSPS) is 26.5. The van der Waals surface area contributed by atoms with Gasteiger partial charge in [-0.25, -0.2) is 0 Å². The first-order valence-corrected chi connectivity index (χ1v) is 6.94. The van der Waals surface area contributed by atoms with E-state index in [2.05, 4.69) is 17.0 Å². The number of piperidine rings is 1. The number of fused-ring (bicyclic) bond motifs is 2. The summed E-state index contributed by atoms with van der Waals surface area (Å²) >= 11 is 0. The Kier molecular flexibility index (Phi) is 3.37. The van der Waals surface area contributed by atoms with Crippen molar-refractivity contribution in [3.8, 4) is 11.5 Å². The number of methoxy groups -OCH3 is 2. The molecule has 3 rings (SSSR count). The SMILES string of the molecule is COc1cc2c(cc1OC)CN1CCC(N)CC1C2. The van der Waals surface area contributed by atoms with Gasteiger partial charge in [0, 0.05) is 25.2 Å². The molecule has 0 aliphatic carbocycles. The van der Waals surface area contributed by atoms with Crippen LogP contribution in [0.1, 0.15) is 24.0 Å². The smallest absolute Gasteiger partial charge is 0.161 e. The molecule has 0 aromatic heterocycles. The summed E-state index contributed by atoms with van der Waals surface area (Å²) in [5.74, 6) is 1.66. The van der Waals surface area contributed by atoms with Crippen LogP contribution in [0.15, 0.2) is 12.1 Å². The van der Waals surface area contributed by atoms with Gasteiger partial charge in [0.15, 0.2) is 11.5 Å². The van der Waals surface area contributed by atoms with Crippen LogP contribution in [0.5, 0.6) is 11.5 Å². The van der Waals surface area contributed by atoms with Crippen molar-refractivity contribution in [2.45, 2.75) is 37.9 Å². The van der Waals surface area contributed by atoms with E-state index in [9.17, 15) is 0 Å². The molecular weight excluding hydrogens is 240 g/mol. The second-order valence-corrected chi connectivity index (χ2v) is 5.59. The lowest BCUT2D eigenvalue weighted by Gasteiger charge is -2.42. The van der Waals surface area contributed by atoms with E-state index >= 15 is 0 Å². The average molecular weight is 262 g/mol. The average Bonchev–Trinajstić information content (AvgIpc) is 2.43. The standard InChI is InChI=1S/C15H22N2O2/c1-18-14-6-10-5-13-8-12(16)3-4-17(13)9-11(10)7-15(14)19-2/h6-7,12-13H,3-5,8-9,16H2,1-2H3. The van der Waals surface area contributed by atoms with Gasteiger partial charge in [0.2, 0.25) is 0 Å². The molecule has 2 aliphatic heterocycles. The molecule has 19 heavy (non-hydrogen) atoms. The number of benzene rings is 1. The van der Waals surface area contributed by atoms with Gasteiger partial charge in [-0.3, -0.25) is 4.90 Å². The van der Waals surface area contributed by atoms with Crippen LogP contribution in [-0.2, 0) is 13.0 Å². The highest BCUT2D eigenvalue weighted by Crippen LogP contribution is 2.36. The second-order valence-electron chi connectivity index (χ2n) is 5.59. The van der Waals surface area contributed by atoms with Gasteiger partial charge in [-0.1, -0.05) is 0 Å². The third-order valence-corrected chi connectivity index (χ3v) is 4.41. The fraction of sp³-hybridized carbons (Fsp3) is 0.600. The van der Waals surface area contributed by atoms with Crippen LogP contribution in [0.25, 0.3) is 0 Å². The number of hydrogen-bond acceptors (Lipinski definition) is 4. The first kappa shape index (κ1) is 12.8. The van der Waals surface area contributed by atoms with Crippen molar-refractivity contribution in [2.24, 2.45) is 5.73 Å². The molecule has 2 aliphatic rings. The fourth-order valence-electron chi connectivity index (χ4n) is 3.32. The summed E-state index contributed by atoms with van der Waals surface area (Å²) in [6.45, 7) is 2.12. The summed E-state index contributed by atoms with van der Waals surface area (Å²) in [7, 11) is 3.38. The minimum Gasteiger partial charge on any atom is -0.493 e. The zero-order chi connectivity index (χ0) is 13.4. The highest BCUT2D eigenvalue weighted by Gasteiger charge is 2.31. The topological polar surface area (TPSA) is 47.7 Å². The van der Waals surface area contributed by atoms with Gasteiger partial charge in [0.1, 0.15) is 0 Å². The van der Waals surface area contributed by atoms with Gasteiger partial charge in [-0.2, -0.15) is 0 Å². The molecular formula is C15H22N2O2. The maximum atomic E-state index is 6.09. The number of hydrogen-bond donors (Lipinski definition) is 1. The Hall–Kier alpha value is -1.26. The van der Waals surface area contributed by atoms with E-state index in [1.807, 2.05) is 0 Å². The first-order valence-electron chi connectivity index (χ1n) is 6.94. The summed E-state index contributed by atoms with van der Waals surface area (Å²) in [6.07, 6.45) is 3.29. The van der Waals surface area contributed by atoms with Crippen molar-refractivity contribution in [3.63, 3.8) is 0 Å². The Labute approximate surface area is 114 Å². The largest absolute Gasteiger partial charge is 0.493 e. The summed E-state index contributed by atoms with van der Waals surface area (Å²) in [5.41, 5.74) is 8.84. The monoisotopic (exact) mass is 262 g/mol. The molecule has 0 radical (unpaired) electrons. The molecule has 4 nitrogen and oxygen atoms in total. The van der Waals surface area contributed by atoms with E-state index in [4.69, 9.17) is 15.2 Å². The highest BCUT2D eigenvalue weighted by molar-refractivity contribution is 5.48. The number of ether oxygens (including phenoxy) is 2. The van der Waals surface area contributed by atoms with Crippen LogP contribution in [-0.4, -0.2) is 37.7 Å². The molecule has 1 fully saturated rings. The van der Waals surface area contributed by atoms with Crippen molar-refractivity contribution in [1.82, 2.24) is 4.90 Å². The summed E-state index contributed by atoms with van der Waals surface area (Å²) in [4.78, 5) is 2.55. The Balaban J connectivity index is 1.91. The van der Waals surface area contributed by atoms with E-state index in [1.54, 1.807) is 14.2 Å². The fourth-order valence-corrected chi connectivity index (χ4v) is 3.32. The van der Waals surface area contributed by atoms with Crippen molar-refractivity contribution in [3.05, 3.63) is 23.3 Å². The van der Waals surface area contributed by atoms with E-state index in [-0.39, 0.29) is 0 Å². The first-order chi connectivity index (χ1) is 9.21. The Morgan fingerprint density at radius 3 is 2.53 bits per heavy atom. The van der Waals surface area contributed by atoms with Crippen LogP contribution in [0, 0.1) is 0 Å². The number of nitrogens with two attached hydrogens (primary N) is 1. The molecule has 2 heterocycles. The van der Waals surface area contributed by atoms with Crippen molar-refractivity contribution in [1.29, 1.82) is 0 Å². The third-order valence-electron chi connectivity index (χ3n) is 4.41. The van der Waals surface area contributed by atoms with E-state index in [0.29, 0.717) is 12.1 Å². The summed E-state index contributed by atoms with van der Waals surface area (Å²) in [6, 6.07) is 5.21. The molecule has 1 aromatic rings. The van der Waals surface area contributed by atoms with E-state index < -0.39 is 0 Å². The molecule has 2 atom stereocenters. The molecule has 0 saturated carbocycles. The van der Waals surface area contributed by atoms with Gasteiger partial charge in [-0.05, 0) is 42.5 Å². The minimum atomic E-state index is 0.364. The molecule has 1 aromatic carbocycles. The Bertz CT molecular complexity index is 475. The van der Waals surface area contributed by atoms with Gasteiger partial charge < -0.3 is 15.2 Å². The van der Waals surface area contributed by atoms with Gasteiger partial charge in [0.05, 0.1) is 14.2 Å². The van der Waals surface area contributed by atoms with E-state index in [1.165, 1.54) is 11.1 Å². The van der Waals surface area contributed by atoms with Crippen LogP contribution in [0.3, 0.4) is 0 Å². The molecule has 2 unspecified atom stereocenters. The van der Waals surface area contributed by atoms with Gasteiger partial charge >= 0.3 is 0 Å². The third kappa shape index (κ3) is 2.30. The molecule has 1 saturated heterocycles. The van der Waals surface area contributed by atoms with Crippen LogP contribution >= 0.6 is 0 Å². The highest BCUT2D eigenvalue weighted by atomic mass is 16.5. The summed E-state index contributed by atoms with van der Waals surface area (Å²) in [5, 5.41) is 0. The van der Waals surface area contributed by atoms with Crippen LogP contribution in [0.4, 0.5) is 0 Å². The predicted molar refractivity (Wildman–Crippen MR) is 74.7 cm³/mol. The lowest BCUT2D eigenvalue weighted by atomic mass is 9.86. The van der Waals surface area contributed by atoms with Gasteiger partial charge in [0.25, 0.3) is 0 Å². The van der Waals surface area contributed by atoms with Crippen LogP contribution < -0.4 is 15.2 Å². The van der Waals surface area contributed by atoms with Crippen molar-refractivity contribution in [2.75, 3.05) is 20.8 Å². The zero-order valence-electron chi connectivity index (χ0n) is 11.7. The summed E-state index contributed by atoms with van der Waals surface area (Å²) < 4.78 is 10.8. The molecule has 104 valence electrons. The lowest BCUT2D eigenvalue weighted by molar-refractivity contribution is 0.115. The maximum Gasteiger partial charge on any atom is 0.161 e. The second kappa shape index (κ2) is 5.02. The molecule has 4 heteroatoms. The van der Waals surface area contributed by atoms with Crippen molar-refractivity contribution >= 4 is 0 Å². The molecule has 2 N–H and O–H groups in total.